The number of amides is 1. The minimum Gasteiger partial charge on any atom is -0.348 e. The Hall–Kier alpha value is -3.04. The maximum atomic E-state index is 12.5. The van der Waals surface area contributed by atoms with E-state index in [1.807, 2.05) is 36.6 Å². The Bertz CT molecular complexity index is 1230. The molecule has 1 N–H and O–H groups in total. The third-order valence-corrected chi connectivity index (χ3v) is 7.35. The summed E-state index contributed by atoms with van der Waals surface area (Å²) in [5.74, 6) is 1.56. The van der Waals surface area contributed by atoms with E-state index in [1.165, 1.54) is 11.3 Å². The molecule has 0 aliphatic carbocycles. The van der Waals surface area contributed by atoms with E-state index in [0.29, 0.717) is 17.4 Å². The summed E-state index contributed by atoms with van der Waals surface area (Å²) in [6, 6.07) is 12.1. The predicted octanol–water partition coefficient (Wildman–Crippen LogP) is 5.16. The zero-order chi connectivity index (χ0) is 23.4. The lowest BCUT2D eigenvalue weighted by Gasteiger charge is -2.16. The first-order valence-corrected chi connectivity index (χ1v) is 12.6. The fourth-order valence-electron chi connectivity index (χ4n) is 3.13. The maximum Gasteiger partial charge on any atom is 0.270 e. The van der Waals surface area contributed by atoms with E-state index < -0.39 is 0 Å². The molecule has 0 aliphatic heterocycles. The molecule has 33 heavy (non-hydrogen) atoms. The van der Waals surface area contributed by atoms with Crippen molar-refractivity contribution in [3.63, 3.8) is 0 Å². The monoisotopic (exact) mass is 478 g/mol. The number of benzene rings is 1. The second kappa shape index (κ2) is 10.3. The molecule has 1 amide bonds. The van der Waals surface area contributed by atoms with Gasteiger partial charge in [-0.15, -0.1) is 21.5 Å². The molecule has 7 nitrogen and oxygen atoms in total. The summed E-state index contributed by atoms with van der Waals surface area (Å²) in [5.41, 5.74) is 3.50. The molecule has 0 spiro atoms. The average molecular weight is 479 g/mol. The van der Waals surface area contributed by atoms with Crippen molar-refractivity contribution >= 4 is 29.0 Å². The van der Waals surface area contributed by atoms with E-state index >= 15 is 0 Å². The lowest BCUT2D eigenvalue weighted by Crippen LogP contribution is -2.36. The van der Waals surface area contributed by atoms with Crippen LogP contribution in [0.3, 0.4) is 0 Å². The first-order valence-electron chi connectivity index (χ1n) is 10.7. The summed E-state index contributed by atoms with van der Waals surface area (Å²) < 4.78 is 2.06. The zero-order valence-corrected chi connectivity index (χ0v) is 20.7. The minimum atomic E-state index is -0.134. The molecule has 0 bridgehead atoms. The molecule has 4 aromatic rings. The number of rotatable bonds is 8. The van der Waals surface area contributed by atoms with Crippen molar-refractivity contribution in [1.29, 1.82) is 0 Å². The van der Waals surface area contributed by atoms with Gasteiger partial charge in [0, 0.05) is 29.4 Å². The van der Waals surface area contributed by atoms with E-state index in [1.54, 1.807) is 24.2 Å². The maximum absolute atomic E-state index is 12.5. The number of aryl methyl sites for hydroxylation is 1. The Morgan fingerprint density at radius 1 is 1.15 bits per heavy atom. The van der Waals surface area contributed by atoms with Crippen molar-refractivity contribution < 1.29 is 4.79 Å². The molecule has 0 saturated carbocycles. The van der Waals surface area contributed by atoms with E-state index in [4.69, 9.17) is 0 Å². The number of carbonyl (C=O) groups is 1. The molecule has 0 saturated heterocycles. The van der Waals surface area contributed by atoms with Gasteiger partial charge in [0.25, 0.3) is 5.91 Å². The normalized spacial score (nSPS) is 12.2. The molecule has 0 fully saturated rings. The van der Waals surface area contributed by atoms with E-state index in [0.717, 1.165) is 32.8 Å². The van der Waals surface area contributed by atoms with Gasteiger partial charge in [0.1, 0.15) is 10.7 Å². The van der Waals surface area contributed by atoms with Crippen LogP contribution < -0.4 is 5.32 Å². The van der Waals surface area contributed by atoms with Gasteiger partial charge in [-0.1, -0.05) is 43.8 Å². The van der Waals surface area contributed by atoms with Gasteiger partial charge in [0.15, 0.2) is 11.0 Å². The summed E-state index contributed by atoms with van der Waals surface area (Å²) in [6.07, 6.45) is 3.53. The molecule has 4 rings (SSSR count). The number of thiazole rings is 1. The van der Waals surface area contributed by atoms with Gasteiger partial charge < -0.3 is 5.32 Å². The molecule has 0 aliphatic rings. The van der Waals surface area contributed by atoms with Crippen LogP contribution >= 0.6 is 23.1 Å². The highest BCUT2D eigenvalue weighted by atomic mass is 32.2. The van der Waals surface area contributed by atoms with Crippen LogP contribution in [0.5, 0.6) is 0 Å². The van der Waals surface area contributed by atoms with E-state index in [-0.39, 0.29) is 11.9 Å². The summed E-state index contributed by atoms with van der Waals surface area (Å²) in [5, 5.41) is 15.4. The Morgan fingerprint density at radius 2 is 1.97 bits per heavy atom. The highest BCUT2D eigenvalue weighted by molar-refractivity contribution is 7.98. The third-order valence-electron chi connectivity index (χ3n) is 5.38. The van der Waals surface area contributed by atoms with Crippen LogP contribution in [0.1, 0.15) is 41.8 Å². The van der Waals surface area contributed by atoms with E-state index in [2.05, 4.69) is 63.0 Å². The van der Waals surface area contributed by atoms with Crippen LogP contribution in [-0.2, 0) is 5.75 Å². The number of nitrogens with one attached hydrogen (secondary N) is 1. The number of pyridine rings is 1. The fraction of sp³-hybridized carbons (Fsp3) is 0.292. The van der Waals surface area contributed by atoms with Crippen molar-refractivity contribution in [2.45, 2.75) is 44.6 Å². The van der Waals surface area contributed by atoms with Gasteiger partial charge in [0.2, 0.25) is 0 Å². The summed E-state index contributed by atoms with van der Waals surface area (Å²) >= 11 is 3.03. The predicted molar refractivity (Wildman–Crippen MR) is 133 cm³/mol. The summed E-state index contributed by atoms with van der Waals surface area (Å²) in [4.78, 5) is 21.3. The smallest absolute Gasteiger partial charge is 0.270 e. The molecule has 1 aromatic carbocycles. The van der Waals surface area contributed by atoms with Gasteiger partial charge in [-0.05, 0) is 43.5 Å². The van der Waals surface area contributed by atoms with Crippen molar-refractivity contribution in [3.05, 3.63) is 70.4 Å². The molecular weight excluding hydrogens is 452 g/mol. The number of nitrogens with zero attached hydrogens (tertiary/aromatic N) is 5. The SMILES string of the molecule is Cc1ccccc1-n1c(SCc2nc(C(=O)NC(C)C(C)C)cs2)nnc1-c1cccnc1. The van der Waals surface area contributed by atoms with Gasteiger partial charge in [0.05, 0.1) is 11.4 Å². The summed E-state index contributed by atoms with van der Waals surface area (Å²) in [6.45, 7) is 8.24. The lowest BCUT2D eigenvalue weighted by atomic mass is 10.1. The Balaban J connectivity index is 1.57. The van der Waals surface area contributed by atoms with Gasteiger partial charge in [-0.2, -0.15) is 0 Å². The van der Waals surface area contributed by atoms with Gasteiger partial charge >= 0.3 is 0 Å². The number of aromatic nitrogens is 5. The highest BCUT2D eigenvalue weighted by Crippen LogP contribution is 2.31. The first kappa shape index (κ1) is 23.1. The van der Waals surface area contributed by atoms with Crippen LogP contribution in [0.4, 0.5) is 0 Å². The Morgan fingerprint density at radius 3 is 2.70 bits per heavy atom. The van der Waals surface area contributed by atoms with Crippen LogP contribution in [0, 0.1) is 12.8 Å². The lowest BCUT2D eigenvalue weighted by molar-refractivity contribution is 0.0926. The summed E-state index contributed by atoms with van der Waals surface area (Å²) in [7, 11) is 0. The standard InChI is InChI=1S/C24H26N6OS2/c1-15(2)17(4)26-23(31)19-13-32-21(27-19)14-33-24-29-28-22(18-9-7-11-25-12-18)30(24)20-10-6-5-8-16(20)3/h5-13,15,17H,14H2,1-4H3,(H,26,31). The Labute approximate surface area is 201 Å². The molecule has 1 unspecified atom stereocenters. The zero-order valence-electron chi connectivity index (χ0n) is 19.0. The largest absolute Gasteiger partial charge is 0.348 e. The first-order chi connectivity index (χ1) is 15.9. The van der Waals surface area contributed by atoms with Crippen LogP contribution in [0.15, 0.2) is 59.3 Å². The second-order valence-electron chi connectivity index (χ2n) is 8.09. The second-order valence-corrected chi connectivity index (χ2v) is 9.98. The van der Waals surface area contributed by atoms with Crippen LogP contribution in [0.2, 0.25) is 0 Å². The Kier molecular flexibility index (Phi) is 7.20. The molecular formula is C24H26N6OS2. The number of carbonyl (C=O) groups excluding carboxylic acids is 1. The number of hydrogen-bond donors (Lipinski definition) is 1. The van der Waals surface area contributed by atoms with Crippen molar-refractivity contribution in [3.8, 4) is 17.1 Å². The van der Waals surface area contributed by atoms with E-state index in [9.17, 15) is 4.79 Å². The quantitative estimate of drug-likeness (QED) is 0.352. The van der Waals surface area contributed by atoms with Crippen molar-refractivity contribution in [2.75, 3.05) is 0 Å². The number of hydrogen-bond acceptors (Lipinski definition) is 7. The van der Waals surface area contributed by atoms with Crippen molar-refractivity contribution in [1.82, 2.24) is 30.0 Å². The molecule has 9 heteroatoms. The van der Waals surface area contributed by atoms with Gasteiger partial charge in [-0.25, -0.2) is 4.98 Å². The number of thioether (sulfide) groups is 1. The molecule has 0 radical (unpaired) electrons. The fourth-order valence-corrected chi connectivity index (χ4v) is 4.87. The van der Waals surface area contributed by atoms with Gasteiger partial charge in [-0.3, -0.25) is 14.3 Å². The van der Waals surface area contributed by atoms with Crippen molar-refractivity contribution in [2.24, 2.45) is 5.92 Å². The molecule has 1 atom stereocenters. The number of para-hydroxylation sites is 1. The molecule has 170 valence electrons. The highest BCUT2D eigenvalue weighted by Gasteiger charge is 2.19. The topological polar surface area (TPSA) is 85.6 Å². The van der Waals surface area contributed by atoms with Crippen LogP contribution in [-0.4, -0.2) is 36.7 Å². The third kappa shape index (κ3) is 5.31. The molecule has 3 heterocycles. The average Bonchev–Trinajstić information content (AvgIpc) is 3.46. The minimum absolute atomic E-state index is 0.0931. The van der Waals surface area contributed by atoms with Crippen LogP contribution in [0.25, 0.3) is 17.1 Å². The molecule has 3 aromatic heterocycles.